The molecular weight excluding hydrogens is 442 g/mol. The summed E-state index contributed by atoms with van der Waals surface area (Å²) in [5.41, 5.74) is 6.46. The lowest BCUT2D eigenvalue weighted by atomic mass is 9.91. The molecule has 0 radical (unpaired) electrons. The summed E-state index contributed by atoms with van der Waals surface area (Å²) in [4.78, 5) is 15.0. The highest BCUT2D eigenvalue weighted by atomic mass is 15.2. The van der Waals surface area contributed by atoms with Crippen LogP contribution in [-0.2, 0) is 26.1 Å². The van der Waals surface area contributed by atoms with Gasteiger partial charge in [0.1, 0.15) is 5.82 Å². The van der Waals surface area contributed by atoms with Crippen LogP contribution in [0, 0.1) is 5.92 Å². The van der Waals surface area contributed by atoms with Crippen LogP contribution in [-0.4, -0.2) is 44.5 Å². The number of benzene rings is 2. The Bertz CT molecular complexity index is 1300. The number of rotatable bonds is 7. The van der Waals surface area contributed by atoms with Gasteiger partial charge in [-0.25, -0.2) is 4.98 Å². The third-order valence-electron chi connectivity index (χ3n) is 8.11. The zero-order chi connectivity index (χ0) is 24.3. The van der Waals surface area contributed by atoms with Crippen LogP contribution in [0.15, 0.2) is 72.9 Å². The third kappa shape index (κ3) is 4.95. The van der Waals surface area contributed by atoms with Gasteiger partial charge in [-0.1, -0.05) is 48.5 Å². The van der Waals surface area contributed by atoms with Crippen LogP contribution in [0.4, 0.5) is 0 Å². The van der Waals surface area contributed by atoms with Gasteiger partial charge in [-0.3, -0.25) is 14.8 Å². The molecule has 0 amide bonds. The highest BCUT2D eigenvalue weighted by Crippen LogP contribution is 2.33. The molecule has 2 aromatic carbocycles. The van der Waals surface area contributed by atoms with Crippen LogP contribution >= 0.6 is 0 Å². The topological polar surface area (TPSA) is 37.2 Å². The minimum Gasteiger partial charge on any atom is -0.327 e. The Morgan fingerprint density at radius 3 is 2.72 bits per heavy atom. The molecule has 36 heavy (non-hydrogen) atoms. The van der Waals surface area contributed by atoms with Crippen molar-refractivity contribution in [2.45, 2.75) is 57.8 Å². The first-order valence-corrected chi connectivity index (χ1v) is 13.6. The predicted molar refractivity (Wildman–Crippen MR) is 146 cm³/mol. The summed E-state index contributed by atoms with van der Waals surface area (Å²) in [5, 5.41) is 0. The van der Waals surface area contributed by atoms with E-state index in [9.17, 15) is 0 Å². The molecule has 3 heterocycles. The molecule has 6 rings (SSSR count). The molecule has 0 bridgehead atoms. The SMILES string of the molecule is CN(Cc1nc2ccccc2n1C[C@H]1CCCN(Cc2ccccc2)C1)[C@H]1CCCc2cccnc21. The van der Waals surface area contributed by atoms with E-state index in [2.05, 4.69) is 88.1 Å². The van der Waals surface area contributed by atoms with Crippen LogP contribution in [0.2, 0.25) is 0 Å². The van der Waals surface area contributed by atoms with Gasteiger partial charge < -0.3 is 4.57 Å². The van der Waals surface area contributed by atoms with E-state index in [1.165, 1.54) is 54.0 Å². The minimum atomic E-state index is 0.360. The fourth-order valence-electron chi connectivity index (χ4n) is 6.34. The van der Waals surface area contributed by atoms with E-state index in [1.54, 1.807) is 0 Å². The van der Waals surface area contributed by atoms with Crippen LogP contribution in [0.3, 0.4) is 0 Å². The van der Waals surface area contributed by atoms with Gasteiger partial charge in [-0.15, -0.1) is 0 Å². The second-order valence-electron chi connectivity index (χ2n) is 10.7. The molecular formula is C31H37N5. The van der Waals surface area contributed by atoms with Gasteiger partial charge in [0.25, 0.3) is 0 Å². The lowest BCUT2D eigenvalue weighted by molar-refractivity contribution is 0.153. The summed E-state index contributed by atoms with van der Waals surface area (Å²) in [6.07, 6.45) is 8.04. The average molecular weight is 480 g/mol. The molecule has 5 heteroatoms. The summed E-state index contributed by atoms with van der Waals surface area (Å²) < 4.78 is 2.52. The Balaban J connectivity index is 1.22. The highest BCUT2D eigenvalue weighted by Gasteiger charge is 2.27. The second kappa shape index (κ2) is 10.5. The normalized spacial score (nSPS) is 20.6. The molecule has 2 aromatic heterocycles. The van der Waals surface area contributed by atoms with Crippen molar-refractivity contribution in [3.8, 4) is 0 Å². The standard InChI is InChI=1S/C31H37N5/c1-34(29-17-7-13-26-14-8-18-32-31(26)29)23-30-33-27-15-5-6-16-28(27)36(30)22-25-12-9-19-35(21-25)20-24-10-3-2-4-11-24/h2-6,8,10-11,14-16,18,25,29H,7,9,12-13,17,19-23H2,1H3/t25-,29-/m0/s1. The number of piperidine rings is 1. The maximum absolute atomic E-state index is 5.14. The number of pyridine rings is 1. The van der Waals surface area contributed by atoms with E-state index in [0.29, 0.717) is 12.0 Å². The van der Waals surface area contributed by atoms with Crippen molar-refractivity contribution in [2.24, 2.45) is 5.92 Å². The number of para-hydroxylation sites is 2. The number of imidazole rings is 1. The summed E-state index contributed by atoms with van der Waals surface area (Å²) in [6, 6.07) is 24.3. The van der Waals surface area contributed by atoms with E-state index in [0.717, 1.165) is 44.5 Å². The smallest absolute Gasteiger partial charge is 0.124 e. The van der Waals surface area contributed by atoms with Gasteiger partial charge in [-0.05, 0) is 80.9 Å². The minimum absolute atomic E-state index is 0.360. The molecule has 1 aliphatic heterocycles. The lowest BCUT2D eigenvalue weighted by Crippen LogP contribution is -2.37. The number of aromatic nitrogens is 3. The van der Waals surface area contributed by atoms with Gasteiger partial charge in [0, 0.05) is 25.8 Å². The van der Waals surface area contributed by atoms with Crippen molar-refractivity contribution in [1.29, 1.82) is 0 Å². The molecule has 1 saturated heterocycles. The van der Waals surface area contributed by atoms with Crippen LogP contribution in [0.25, 0.3) is 11.0 Å². The van der Waals surface area contributed by atoms with Crippen molar-refractivity contribution in [3.05, 3.63) is 95.6 Å². The van der Waals surface area contributed by atoms with E-state index in [-0.39, 0.29) is 0 Å². The molecule has 1 fully saturated rings. The Labute approximate surface area is 214 Å². The number of likely N-dealkylation sites (tertiary alicyclic amines) is 1. The monoisotopic (exact) mass is 479 g/mol. The van der Waals surface area contributed by atoms with Crippen molar-refractivity contribution >= 4 is 11.0 Å². The molecule has 5 nitrogen and oxygen atoms in total. The van der Waals surface area contributed by atoms with Crippen LogP contribution in [0.5, 0.6) is 0 Å². The molecule has 0 spiro atoms. The molecule has 0 saturated carbocycles. The van der Waals surface area contributed by atoms with Crippen molar-refractivity contribution < 1.29 is 0 Å². The second-order valence-corrected chi connectivity index (χ2v) is 10.7. The first-order valence-electron chi connectivity index (χ1n) is 13.6. The fraction of sp³-hybridized carbons (Fsp3) is 0.419. The van der Waals surface area contributed by atoms with E-state index in [1.807, 2.05) is 6.20 Å². The van der Waals surface area contributed by atoms with Crippen LogP contribution < -0.4 is 0 Å². The highest BCUT2D eigenvalue weighted by molar-refractivity contribution is 5.75. The largest absolute Gasteiger partial charge is 0.327 e. The maximum Gasteiger partial charge on any atom is 0.124 e. The molecule has 0 N–H and O–H groups in total. The van der Waals surface area contributed by atoms with Gasteiger partial charge in [0.15, 0.2) is 0 Å². The third-order valence-corrected chi connectivity index (χ3v) is 8.11. The van der Waals surface area contributed by atoms with Gasteiger partial charge in [0.2, 0.25) is 0 Å². The summed E-state index contributed by atoms with van der Waals surface area (Å²) >= 11 is 0. The fourth-order valence-corrected chi connectivity index (χ4v) is 6.34. The Kier molecular flexibility index (Phi) is 6.84. The summed E-state index contributed by atoms with van der Waals surface area (Å²) in [7, 11) is 2.25. The van der Waals surface area contributed by atoms with E-state index >= 15 is 0 Å². The molecule has 4 aromatic rings. The molecule has 2 aliphatic rings. The maximum atomic E-state index is 5.14. The van der Waals surface area contributed by atoms with Crippen LogP contribution in [0.1, 0.15) is 54.4 Å². The Morgan fingerprint density at radius 2 is 1.81 bits per heavy atom. The van der Waals surface area contributed by atoms with Crippen molar-refractivity contribution in [1.82, 2.24) is 24.3 Å². The van der Waals surface area contributed by atoms with Gasteiger partial charge in [-0.2, -0.15) is 0 Å². The predicted octanol–water partition coefficient (Wildman–Crippen LogP) is 5.85. The zero-order valence-electron chi connectivity index (χ0n) is 21.4. The lowest BCUT2D eigenvalue weighted by Gasteiger charge is -2.34. The first-order chi connectivity index (χ1) is 17.7. The summed E-state index contributed by atoms with van der Waals surface area (Å²) in [6.45, 7) is 5.27. The Hall–Kier alpha value is -3.02. The number of hydrogen-bond acceptors (Lipinski definition) is 4. The molecule has 1 aliphatic carbocycles. The quantitative estimate of drug-likeness (QED) is 0.333. The van der Waals surface area contributed by atoms with Crippen molar-refractivity contribution in [3.63, 3.8) is 0 Å². The van der Waals surface area contributed by atoms with E-state index < -0.39 is 0 Å². The Morgan fingerprint density at radius 1 is 0.944 bits per heavy atom. The molecule has 2 atom stereocenters. The average Bonchev–Trinajstić information content (AvgIpc) is 3.25. The van der Waals surface area contributed by atoms with Gasteiger partial charge >= 0.3 is 0 Å². The number of fused-ring (bicyclic) bond motifs is 2. The molecule has 186 valence electrons. The zero-order valence-corrected chi connectivity index (χ0v) is 21.4. The first kappa shape index (κ1) is 23.4. The number of aryl methyl sites for hydroxylation is 1. The van der Waals surface area contributed by atoms with Crippen molar-refractivity contribution in [2.75, 3.05) is 20.1 Å². The number of nitrogens with zero attached hydrogens (tertiary/aromatic N) is 5. The van der Waals surface area contributed by atoms with E-state index in [4.69, 9.17) is 9.97 Å². The molecule has 0 unspecified atom stereocenters. The number of hydrogen-bond donors (Lipinski definition) is 0. The van der Waals surface area contributed by atoms with Gasteiger partial charge in [0.05, 0.1) is 29.3 Å². The summed E-state index contributed by atoms with van der Waals surface area (Å²) in [5.74, 6) is 1.82.